The zero-order valence-electron chi connectivity index (χ0n) is 11.0. The Hall–Kier alpha value is -1.31. The Balaban J connectivity index is 2.11. The van der Waals surface area contributed by atoms with Crippen LogP contribution in [-0.4, -0.2) is 23.9 Å². The molecule has 0 fully saturated rings. The summed E-state index contributed by atoms with van der Waals surface area (Å²) in [7, 11) is 1.64. The molecule has 0 aliphatic carbocycles. The number of nitrogens with two attached hydrogens (primary N) is 1. The minimum absolute atomic E-state index is 0.322. The number of hydrogen-bond donors (Lipinski definition) is 1. The van der Waals surface area contributed by atoms with Gasteiger partial charge in [0.1, 0.15) is 5.82 Å². The molecule has 1 atom stereocenters. The van der Waals surface area contributed by atoms with Gasteiger partial charge in [0, 0.05) is 23.8 Å². The van der Waals surface area contributed by atoms with E-state index in [1.165, 1.54) is 12.1 Å². The van der Waals surface area contributed by atoms with Crippen molar-refractivity contribution >= 4 is 15.9 Å². The van der Waals surface area contributed by atoms with Crippen molar-refractivity contribution in [3.8, 4) is 11.4 Å². The number of halogens is 2. The van der Waals surface area contributed by atoms with Gasteiger partial charge < -0.3 is 15.0 Å². The molecule has 0 aliphatic rings. The second-order valence-corrected chi connectivity index (χ2v) is 5.27. The van der Waals surface area contributed by atoms with Crippen LogP contribution >= 0.6 is 15.9 Å². The van der Waals surface area contributed by atoms with Crippen LogP contribution in [0.5, 0.6) is 0 Å². The first-order valence-electron chi connectivity index (χ1n) is 6.14. The number of nitrogens with zero attached hydrogens (tertiary/aromatic N) is 2. The van der Waals surface area contributed by atoms with Crippen molar-refractivity contribution in [1.29, 1.82) is 0 Å². The fourth-order valence-electron chi connectivity index (χ4n) is 1.76. The first kappa shape index (κ1) is 15.1. The second-order valence-electron chi connectivity index (χ2n) is 4.36. The molecule has 1 heterocycles. The molecule has 0 aliphatic heterocycles. The summed E-state index contributed by atoms with van der Waals surface area (Å²) in [6.07, 6.45) is 1.49. The van der Waals surface area contributed by atoms with Crippen molar-refractivity contribution in [3.05, 3.63) is 34.4 Å². The summed E-state index contributed by atoms with van der Waals surface area (Å²) in [5.41, 5.74) is 6.49. The van der Waals surface area contributed by atoms with E-state index in [-0.39, 0.29) is 11.9 Å². The highest BCUT2D eigenvalue weighted by molar-refractivity contribution is 9.10. The standard InChI is InChI=1S/C13H15BrFN3O2/c1-19-4-2-3-11(16)13-17-12(18-20-13)8-5-9(14)7-10(15)6-8/h5-7,11H,2-4,16H2,1H3. The lowest BCUT2D eigenvalue weighted by molar-refractivity contribution is 0.188. The number of methoxy groups -OCH3 is 1. The van der Waals surface area contributed by atoms with E-state index in [2.05, 4.69) is 26.1 Å². The minimum Gasteiger partial charge on any atom is -0.385 e. The first-order valence-corrected chi connectivity index (χ1v) is 6.94. The SMILES string of the molecule is COCCCC(N)c1nc(-c2cc(F)cc(Br)c2)no1. The van der Waals surface area contributed by atoms with Crippen molar-refractivity contribution in [2.45, 2.75) is 18.9 Å². The van der Waals surface area contributed by atoms with E-state index in [0.29, 0.717) is 34.8 Å². The lowest BCUT2D eigenvalue weighted by Crippen LogP contribution is -2.11. The average molecular weight is 344 g/mol. The Bertz CT molecular complexity index is 556. The van der Waals surface area contributed by atoms with E-state index < -0.39 is 0 Å². The molecule has 20 heavy (non-hydrogen) atoms. The van der Waals surface area contributed by atoms with Crippen molar-refractivity contribution in [2.75, 3.05) is 13.7 Å². The van der Waals surface area contributed by atoms with E-state index in [4.69, 9.17) is 15.0 Å². The predicted molar refractivity (Wildman–Crippen MR) is 75.4 cm³/mol. The van der Waals surface area contributed by atoms with Gasteiger partial charge in [-0.2, -0.15) is 4.98 Å². The summed E-state index contributed by atoms with van der Waals surface area (Å²) in [4.78, 5) is 4.21. The lowest BCUT2D eigenvalue weighted by atomic mass is 10.1. The van der Waals surface area contributed by atoms with Gasteiger partial charge in [0.25, 0.3) is 0 Å². The Labute approximate surface area is 124 Å². The lowest BCUT2D eigenvalue weighted by Gasteiger charge is -2.05. The quantitative estimate of drug-likeness (QED) is 0.816. The minimum atomic E-state index is -0.370. The number of hydrogen-bond acceptors (Lipinski definition) is 5. The molecule has 108 valence electrons. The average Bonchev–Trinajstić information content (AvgIpc) is 2.87. The van der Waals surface area contributed by atoms with Crippen LogP contribution in [0.2, 0.25) is 0 Å². The van der Waals surface area contributed by atoms with Crippen LogP contribution < -0.4 is 5.73 Å². The Morgan fingerprint density at radius 2 is 2.25 bits per heavy atom. The van der Waals surface area contributed by atoms with E-state index in [0.717, 1.165) is 6.42 Å². The van der Waals surface area contributed by atoms with Crippen LogP contribution in [-0.2, 0) is 4.74 Å². The molecule has 2 aromatic rings. The van der Waals surface area contributed by atoms with E-state index >= 15 is 0 Å². The van der Waals surface area contributed by atoms with Crippen LogP contribution in [0.15, 0.2) is 27.2 Å². The molecule has 5 nitrogen and oxygen atoms in total. The number of aromatic nitrogens is 2. The largest absolute Gasteiger partial charge is 0.385 e. The van der Waals surface area contributed by atoms with Gasteiger partial charge in [0.15, 0.2) is 0 Å². The van der Waals surface area contributed by atoms with Crippen LogP contribution in [0.25, 0.3) is 11.4 Å². The Kier molecular flexibility index (Phi) is 5.22. The van der Waals surface area contributed by atoms with Gasteiger partial charge in [-0.15, -0.1) is 0 Å². The molecule has 0 saturated carbocycles. The normalized spacial score (nSPS) is 12.6. The molecule has 0 spiro atoms. The molecule has 1 aromatic carbocycles. The van der Waals surface area contributed by atoms with Gasteiger partial charge in [0.05, 0.1) is 6.04 Å². The molecule has 0 radical (unpaired) electrons. The maximum Gasteiger partial charge on any atom is 0.243 e. The molecule has 2 N–H and O–H groups in total. The molecule has 2 rings (SSSR count). The third kappa shape index (κ3) is 3.84. The fraction of sp³-hybridized carbons (Fsp3) is 0.385. The smallest absolute Gasteiger partial charge is 0.243 e. The summed E-state index contributed by atoms with van der Waals surface area (Å²) in [5.74, 6) is 0.295. The van der Waals surface area contributed by atoms with Gasteiger partial charge in [-0.1, -0.05) is 21.1 Å². The van der Waals surface area contributed by atoms with Crippen LogP contribution in [0.4, 0.5) is 4.39 Å². The predicted octanol–water partition coefficient (Wildman–Crippen LogP) is 3.06. The molecule has 1 aromatic heterocycles. The molecule has 1 unspecified atom stereocenters. The molecular weight excluding hydrogens is 329 g/mol. The Morgan fingerprint density at radius 3 is 2.95 bits per heavy atom. The van der Waals surface area contributed by atoms with Crippen molar-refractivity contribution in [3.63, 3.8) is 0 Å². The van der Waals surface area contributed by atoms with E-state index in [1.807, 2.05) is 0 Å². The number of ether oxygens (including phenoxy) is 1. The zero-order valence-corrected chi connectivity index (χ0v) is 12.6. The maximum atomic E-state index is 13.3. The summed E-state index contributed by atoms with van der Waals surface area (Å²) in [5, 5.41) is 3.83. The highest BCUT2D eigenvalue weighted by Gasteiger charge is 2.16. The first-order chi connectivity index (χ1) is 9.60. The van der Waals surface area contributed by atoms with Gasteiger partial charge in [-0.25, -0.2) is 4.39 Å². The fourth-order valence-corrected chi connectivity index (χ4v) is 2.22. The molecular formula is C13H15BrFN3O2. The maximum absolute atomic E-state index is 13.3. The van der Waals surface area contributed by atoms with E-state index in [1.54, 1.807) is 13.2 Å². The van der Waals surface area contributed by atoms with Gasteiger partial charge in [-0.3, -0.25) is 0 Å². The van der Waals surface area contributed by atoms with Gasteiger partial charge in [-0.05, 0) is 31.0 Å². The summed E-state index contributed by atoms with van der Waals surface area (Å²) in [6, 6.07) is 4.08. The van der Waals surface area contributed by atoms with Gasteiger partial charge in [0.2, 0.25) is 11.7 Å². The summed E-state index contributed by atoms with van der Waals surface area (Å²) >= 11 is 3.22. The summed E-state index contributed by atoms with van der Waals surface area (Å²) in [6.45, 7) is 0.630. The molecule has 0 amide bonds. The summed E-state index contributed by atoms with van der Waals surface area (Å²) < 4.78 is 24.0. The van der Waals surface area contributed by atoms with Crippen LogP contribution in [0.1, 0.15) is 24.8 Å². The molecule has 0 bridgehead atoms. The van der Waals surface area contributed by atoms with Crippen molar-refractivity contribution in [2.24, 2.45) is 5.73 Å². The van der Waals surface area contributed by atoms with Crippen LogP contribution in [0.3, 0.4) is 0 Å². The van der Waals surface area contributed by atoms with Crippen molar-refractivity contribution in [1.82, 2.24) is 10.1 Å². The second kappa shape index (κ2) is 6.92. The third-order valence-electron chi connectivity index (χ3n) is 2.74. The highest BCUT2D eigenvalue weighted by atomic mass is 79.9. The van der Waals surface area contributed by atoms with Crippen LogP contribution in [0, 0.1) is 5.82 Å². The number of rotatable bonds is 6. The monoisotopic (exact) mass is 343 g/mol. The third-order valence-corrected chi connectivity index (χ3v) is 3.20. The number of benzene rings is 1. The zero-order chi connectivity index (χ0) is 14.5. The van der Waals surface area contributed by atoms with E-state index in [9.17, 15) is 4.39 Å². The Morgan fingerprint density at radius 1 is 1.45 bits per heavy atom. The topological polar surface area (TPSA) is 74.2 Å². The van der Waals surface area contributed by atoms with Crippen molar-refractivity contribution < 1.29 is 13.7 Å². The molecule has 0 saturated heterocycles. The van der Waals surface area contributed by atoms with Gasteiger partial charge >= 0.3 is 0 Å². The highest BCUT2D eigenvalue weighted by Crippen LogP contribution is 2.24. The molecule has 7 heteroatoms.